The van der Waals surface area contributed by atoms with E-state index in [1.165, 1.54) is 12.1 Å². The van der Waals surface area contributed by atoms with E-state index in [2.05, 4.69) is 17.0 Å². The Bertz CT molecular complexity index is 3080. The summed E-state index contributed by atoms with van der Waals surface area (Å²) in [6, 6.07) is 40.8. The summed E-state index contributed by atoms with van der Waals surface area (Å²) in [4.78, 5) is 64.6. The number of carbonyl (C=O) groups is 3. The van der Waals surface area contributed by atoms with Gasteiger partial charge >= 0.3 is 6.09 Å². The van der Waals surface area contributed by atoms with Crippen LogP contribution < -0.4 is 10.3 Å². The lowest BCUT2D eigenvalue weighted by atomic mass is 9.90. The van der Waals surface area contributed by atoms with Crippen LogP contribution in [0, 0.1) is 18.8 Å². The summed E-state index contributed by atoms with van der Waals surface area (Å²) in [5.74, 6) is 6.56. The standard InChI is InChI=1S/C52H40N4O7/c1-33-14-22-43-47(28-33)62-48-29-38(57)21-23-44(48)49(43)41-11-5-6-12-42(41)50(58)54-24-26-55(27-25-54)52(60)61-32-34-15-17-36(18-16-34)45-30-39(63-53-45)31-56-46-13-7-3-9-37(46)20-19-35-8-2-4-10-40(35)51(56)59/h2-18,21-23,28-29,39H,24-27,30-32H2,1H3. The molecule has 1 atom stereocenters. The fraction of sp³-hybridized carbons (Fsp3) is 0.173. The largest absolute Gasteiger partial charge is 0.456 e. The molecule has 0 aromatic heterocycles. The molecule has 0 N–H and O–H groups in total. The van der Waals surface area contributed by atoms with E-state index in [-0.39, 0.29) is 30.0 Å². The second-order valence-corrected chi connectivity index (χ2v) is 15.9. The zero-order chi connectivity index (χ0) is 43.0. The average Bonchev–Trinajstić information content (AvgIpc) is 3.79. The number of fused-ring (bicyclic) bond motifs is 4. The fourth-order valence-electron chi connectivity index (χ4n) is 8.51. The maximum atomic E-state index is 14.2. The minimum Gasteiger partial charge on any atom is -0.456 e. The molecule has 11 heteroatoms. The molecular weight excluding hydrogens is 793 g/mol. The van der Waals surface area contributed by atoms with E-state index in [9.17, 15) is 19.2 Å². The lowest BCUT2D eigenvalue weighted by Gasteiger charge is -2.34. The Balaban J connectivity index is 0.754. The monoisotopic (exact) mass is 832 g/mol. The number of rotatable bonds is 7. The van der Waals surface area contributed by atoms with E-state index in [0.29, 0.717) is 67.2 Å². The van der Waals surface area contributed by atoms with Crippen LogP contribution in [0.1, 0.15) is 55.0 Å². The maximum Gasteiger partial charge on any atom is 0.410 e. The van der Waals surface area contributed by atoms with Crippen LogP contribution in [0.25, 0.3) is 33.4 Å². The van der Waals surface area contributed by atoms with E-state index in [4.69, 9.17) is 14.0 Å². The Morgan fingerprint density at radius 3 is 2.29 bits per heavy atom. The van der Waals surface area contributed by atoms with Gasteiger partial charge in [0, 0.05) is 71.9 Å². The number of hydrogen-bond acceptors (Lipinski definition) is 8. The number of aryl methyl sites for hydroxylation is 1. The highest BCUT2D eigenvalue weighted by Crippen LogP contribution is 2.41. The Hall–Kier alpha value is -7.97. The van der Waals surface area contributed by atoms with Gasteiger partial charge in [-0.1, -0.05) is 95.9 Å². The van der Waals surface area contributed by atoms with Gasteiger partial charge in [-0.3, -0.25) is 14.4 Å². The molecule has 1 fully saturated rings. The first kappa shape index (κ1) is 39.2. The molecule has 0 spiro atoms. The molecule has 5 aliphatic rings. The molecule has 310 valence electrons. The fourth-order valence-corrected chi connectivity index (χ4v) is 8.51. The SMILES string of the molecule is Cc1ccc2c(-c3ccccc3C(=O)N3CCN(C(=O)OCc4ccc(C5=NOC(CN6C(=O)c7ccccc7C#Cc7ccccc76)C5)cc4)CC3)c3ccc(=O)cc-3oc2c1. The summed E-state index contributed by atoms with van der Waals surface area (Å²) in [6.07, 6.45) is -0.300. The number of amides is 3. The third-order valence-electron chi connectivity index (χ3n) is 11.8. The summed E-state index contributed by atoms with van der Waals surface area (Å²) < 4.78 is 11.9. The summed E-state index contributed by atoms with van der Waals surface area (Å²) in [6.45, 7) is 3.68. The number of ether oxygens (including phenoxy) is 1. The Morgan fingerprint density at radius 2 is 1.46 bits per heavy atom. The first-order valence-electron chi connectivity index (χ1n) is 20.9. The van der Waals surface area contributed by atoms with Crippen LogP contribution in [-0.4, -0.2) is 72.2 Å². The van der Waals surface area contributed by atoms with Crippen molar-refractivity contribution >= 4 is 40.3 Å². The number of para-hydroxylation sites is 1. The highest BCUT2D eigenvalue weighted by Gasteiger charge is 2.32. The van der Waals surface area contributed by atoms with Gasteiger partial charge in [-0.25, -0.2) is 4.79 Å². The van der Waals surface area contributed by atoms with Crippen molar-refractivity contribution in [2.24, 2.45) is 5.16 Å². The van der Waals surface area contributed by atoms with E-state index in [0.717, 1.165) is 55.7 Å². The molecule has 10 rings (SSSR count). The minimum atomic E-state index is -0.448. The van der Waals surface area contributed by atoms with E-state index < -0.39 is 6.09 Å². The third-order valence-corrected chi connectivity index (χ3v) is 11.8. The average molecular weight is 833 g/mol. The number of oxime groups is 1. The quantitative estimate of drug-likeness (QED) is 0.117. The van der Waals surface area contributed by atoms with Crippen LogP contribution in [0.3, 0.4) is 0 Å². The molecule has 1 aliphatic carbocycles. The van der Waals surface area contributed by atoms with Crippen molar-refractivity contribution in [1.29, 1.82) is 0 Å². The van der Waals surface area contributed by atoms with Gasteiger partial charge in [-0.15, -0.1) is 0 Å². The normalized spacial score (nSPS) is 15.7. The second-order valence-electron chi connectivity index (χ2n) is 15.9. The van der Waals surface area contributed by atoms with Gasteiger partial charge in [0.15, 0.2) is 11.5 Å². The number of benzene rings is 6. The van der Waals surface area contributed by atoms with Crippen molar-refractivity contribution in [2.45, 2.75) is 26.1 Å². The van der Waals surface area contributed by atoms with Crippen molar-refractivity contribution in [2.75, 3.05) is 37.6 Å². The molecule has 1 unspecified atom stereocenters. The second kappa shape index (κ2) is 16.5. The van der Waals surface area contributed by atoms with Crippen LogP contribution in [0.15, 0.2) is 148 Å². The third kappa shape index (κ3) is 7.68. The summed E-state index contributed by atoms with van der Waals surface area (Å²) in [7, 11) is 0. The van der Waals surface area contributed by atoms with Crippen LogP contribution in [0.5, 0.6) is 0 Å². The van der Waals surface area contributed by atoms with Crippen molar-refractivity contribution in [3.63, 3.8) is 0 Å². The van der Waals surface area contributed by atoms with Gasteiger partial charge in [0.05, 0.1) is 23.5 Å². The lowest BCUT2D eigenvalue weighted by Crippen LogP contribution is -2.50. The predicted octanol–water partition coefficient (Wildman–Crippen LogP) is 8.52. The summed E-state index contributed by atoms with van der Waals surface area (Å²) in [5, 5.41) is 5.23. The van der Waals surface area contributed by atoms with Gasteiger partial charge in [0.25, 0.3) is 11.8 Å². The lowest BCUT2D eigenvalue weighted by molar-refractivity contribution is 0.0544. The van der Waals surface area contributed by atoms with Crippen molar-refractivity contribution in [3.8, 4) is 34.3 Å². The molecule has 4 aliphatic heterocycles. The molecule has 11 nitrogen and oxygen atoms in total. The summed E-state index contributed by atoms with van der Waals surface area (Å²) >= 11 is 0. The number of nitrogens with zero attached hydrogens (tertiary/aromatic N) is 4. The molecule has 1 saturated heterocycles. The van der Waals surface area contributed by atoms with Crippen LogP contribution >= 0.6 is 0 Å². The Labute approximate surface area is 363 Å². The molecule has 5 aromatic carbocycles. The number of carbonyl (C=O) groups excluding carboxylic acids is 3. The maximum absolute atomic E-state index is 14.2. The topological polar surface area (TPSA) is 122 Å². The van der Waals surface area contributed by atoms with Crippen molar-refractivity contribution < 1.29 is 28.4 Å². The summed E-state index contributed by atoms with van der Waals surface area (Å²) in [5.41, 5.74) is 9.50. The molecule has 3 amide bonds. The first-order valence-corrected chi connectivity index (χ1v) is 20.9. The molecule has 4 heterocycles. The smallest absolute Gasteiger partial charge is 0.410 e. The molecule has 0 radical (unpaired) electrons. The van der Waals surface area contributed by atoms with Crippen LogP contribution in [-0.2, 0) is 16.2 Å². The van der Waals surface area contributed by atoms with E-state index >= 15 is 0 Å². The highest BCUT2D eigenvalue weighted by molar-refractivity contribution is 6.10. The molecule has 0 bridgehead atoms. The van der Waals surface area contributed by atoms with Crippen LogP contribution in [0.4, 0.5) is 10.5 Å². The van der Waals surface area contributed by atoms with Gasteiger partial charge in [0.1, 0.15) is 18.0 Å². The van der Waals surface area contributed by atoms with Gasteiger partial charge in [-0.05, 0) is 77.7 Å². The zero-order valence-corrected chi connectivity index (χ0v) is 34.4. The Morgan fingerprint density at radius 1 is 0.746 bits per heavy atom. The van der Waals surface area contributed by atoms with E-state index in [1.807, 2.05) is 116 Å². The molecule has 5 aromatic rings. The van der Waals surface area contributed by atoms with Gasteiger partial charge < -0.3 is 28.7 Å². The molecule has 0 saturated carbocycles. The Kier molecular flexibility index (Phi) is 10.2. The highest BCUT2D eigenvalue weighted by atomic mass is 16.6. The van der Waals surface area contributed by atoms with Crippen LogP contribution in [0.2, 0.25) is 0 Å². The van der Waals surface area contributed by atoms with Gasteiger partial charge in [-0.2, -0.15) is 0 Å². The number of piperazine rings is 1. The van der Waals surface area contributed by atoms with Crippen molar-refractivity contribution in [3.05, 3.63) is 183 Å². The predicted molar refractivity (Wildman–Crippen MR) is 240 cm³/mol. The zero-order valence-electron chi connectivity index (χ0n) is 34.4. The molecular formula is C52H40N4O7. The van der Waals surface area contributed by atoms with Crippen molar-refractivity contribution in [1.82, 2.24) is 9.80 Å². The first-order chi connectivity index (χ1) is 30.8. The minimum absolute atomic E-state index is 0.0801. The number of hydrogen-bond donors (Lipinski definition) is 0. The molecule has 63 heavy (non-hydrogen) atoms. The number of anilines is 1. The van der Waals surface area contributed by atoms with E-state index in [1.54, 1.807) is 26.8 Å². The van der Waals surface area contributed by atoms with Gasteiger partial charge in [0.2, 0.25) is 0 Å².